The van der Waals surface area contributed by atoms with Crippen molar-refractivity contribution in [1.29, 1.82) is 0 Å². The Balaban J connectivity index is 2.38. The predicted octanol–water partition coefficient (Wildman–Crippen LogP) is 3.42. The standard InChI is InChI=1S/C16H23NO3S/c1-12(2)8-9-21-11-15(18)17-14-5-3-4-13(10-14)6-7-16(19)20/h3-5,10,12H,6-9,11H2,1-2H3,(H,17,18)(H,19,20). The van der Waals surface area contributed by atoms with Gasteiger partial charge in [-0.3, -0.25) is 9.59 Å². The maximum atomic E-state index is 11.8. The maximum Gasteiger partial charge on any atom is 0.303 e. The summed E-state index contributed by atoms with van der Waals surface area (Å²) < 4.78 is 0. The lowest BCUT2D eigenvalue weighted by atomic mass is 10.1. The summed E-state index contributed by atoms with van der Waals surface area (Å²) in [6.07, 6.45) is 1.69. The summed E-state index contributed by atoms with van der Waals surface area (Å²) in [6, 6.07) is 7.36. The summed E-state index contributed by atoms with van der Waals surface area (Å²) in [5.41, 5.74) is 1.65. The van der Waals surface area contributed by atoms with Gasteiger partial charge < -0.3 is 10.4 Å². The van der Waals surface area contributed by atoms with Crippen LogP contribution >= 0.6 is 11.8 Å². The molecule has 1 aromatic rings. The fourth-order valence-corrected chi connectivity index (χ4v) is 2.78. The van der Waals surface area contributed by atoms with E-state index in [-0.39, 0.29) is 12.3 Å². The Bertz CT molecular complexity index is 474. The number of aliphatic carboxylic acids is 1. The fraction of sp³-hybridized carbons (Fsp3) is 0.500. The quantitative estimate of drug-likeness (QED) is 0.686. The molecule has 0 aliphatic rings. The van der Waals surface area contributed by atoms with Crippen molar-refractivity contribution in [1.82, 2.24) is 0 Å². The number of carboxylic acid groups (broad SMARTS) is 1. The molecule has 0 saturated carbocycles. The zero-order chi connectivity index (χ0) is 15.7. The molecule has 0 aromatic heterocycles. The number of carbonyl (C=O) groups is 2. The highest BCUT2D eigenvalue weighted by Gasteiger charge is 2.05. The van der Waals surface area contributed by atoms with Crippen molar-refractivity contribution in [3.63, 3.8) is 0 Å². The van der Waals surface area contributed by atoms with Gasteiger partial charge in [-0.25, -0.2) is 0 Å². The van der Waals surface area contributed by atoms with Crippen molar-refractivity contribution in [3.8, 4) is 0 Å². The first kappa shape index (κ1) is 17.6. The summed E-state index contributed by atoms with van der Waals surface area (Å²) in [6.45, 7) is 4.34. The van der Waals surface area contributed by atoms with Gasteiger partial charge in [0, 0.05) is 12.1 Å². The molecule has 0 fully saturated rings. The lowest BCUT2D eigenvalue weighted by molar-refractivity contribution is -0.137. The Kier molecular flexibility index (Phi) is 7.90. The van der Waals surface area contributed by atoms with Crippen LogP contribution in [0, 0.1) is 5.92 Å². The molecule has 0 spiro atoms. The summed E-state index contributed by atoms with van der Waals surface area (Å²) in [5.74, 6) is 1.27. The first-order valence-electron chi connectivity index (χ1n) is 7.15. The normalized spacial score (nSPS) is 10.6. The third-order valence-corrected chi connectivity index (χ3v) is 3.90. The highest BCUT2D eigenvalue weighted by atomic mass is 32.2. The number of carboxylic acids is 1. The molecule has 0 aliphatic heterocycles. The molecule has 21 heavy (non-hydrogen) atoms. The van der Waals surface area contributed by atoms with E-state index in [0.29, 0.717) is 18.1 Å². The molecule has 5 heteroatoms. The number of carbonyl (C=O) groups excluding carboxylic acids is 1. The van der Waals surface area contributed by atoms with Crippen molar-refractivity contribution < 1.29 is 14.7 Å². The molecule has 0 heterocycles. The zero-order valence-corrected chi connectivity index (χ0v) is 13.4. The van der Waals surface area contributed by atoms with Gasteiger partial charge in [0.1, 0.15) is 0 Å². The maximum absolute atomic E-state index is 11.8. The average Bonchev–Trinajstić information content (AvgIpc) is 2.41. The van der Waals surface area contributed by atoms with Gasteiger partial charge in [0.15, 0.2) is 0 Å². The van der Waals surface area contributed by atoms with Gasteiger partial charge in [-0.2, -0.15) is 11.8 Å². The monoisotopic (exact) mass is 309 g/mol. The number of amides is 1. The zero-order valence-electron chi connectivity index (χ0n) is 12.6. The van der Waals surface area contributed by atoms with Crippen LogP contribution in [0.15, 0.2) is 24.3 Å². The van der Waals surface area contributed by atoms with Crippen LogP contribution in [0.2, 0.25) is 0 Å². The number of benzene rings is 1. The average molecular weight is 309 g/mol. The molecule has 0 atom stereocenters. The summed E-state index contributed by atoms with van der Waals surface area (Å²) in [4.78, 5) is 22.4. The minimum atomic E-state index is -0.814. The number of rotatable bonds is 9. The molecule has 0 unspecified atom stereocenters. The molecular weight excluding hydrogens is 286 g/mol. The van der Waals surface area contributed by atoms with Gasteiger partial charge in [0.2, 0.25) is 5.91 Å². The molecule has 0 saturated heterocycles. The first-order valence-corrected chi connectivity index (χ1v) is 8.31. The van der Waals surface area contributed by atoms with E-state index >= 15 is 0 Å². The number of thioether (sulfide) groups is 1. The number of nitrogens with one attached hydrogen (secondary N) is 1. The van der Waals surface area contributed by atoms with Crippen LogP contribution < -0.4 is 5.32 Å². The molecule has 116 valence electrons. The molecule has 1 aromatic carbocycles. The molecule has 2 N–H and O–H groups in total. The van der Waals surface area contributed by atoms with Crippen LogP contribution in [0.3, 0.4) is 0 Å². The summed E-state index contributed by atoms with van der Waals surface area (Å²) >= 11 is 1.64. The van der Waals surface area contributed by atoms with Gasteiger partial charge >= 0.3 is 5.97 Å². The van der Waals surface area contributed by atoms with Gasteiger partial charge in [-0.05, 0) is 42.2 Å². The van der Waals surface area contributed by atoms with Crippen LogP contribution in [-0.4, -0.2) is 28.5 Å². The lowest BCUT2D eigenvalue weighted by Crippen LogP contribution is -2.14. The van der Waals surface area contributed by atoms with Crippen molar-refractivity contribution in [2.45, 2.75) is 33.1 Å². The third kappa shape index (κ3) is 8.40. The fourth-order valence-electron chi connectivity index (χ4n) is 1.74. The highest BCUT2D eigenvalue weighted by Crippen LogP contribution is 2.14. The predicted molar refractivity (Wildman–Crippen MR) is 87.8 cm³/mol. The SMILES string of the molecule is CC(C)CCSCC(=O)Nc1cccc(CCC(=O)O)c1. The Labute approximate surface area is 130 Å². The second-order valence-electron chi connectivity index (χ2n) is 5.38. The van der Waals surface area contributed by atoms with Crippen LogP contribution in [0.1, 0.15) is 32.3 Å². The molecule has 0 aliphatic carbocycles. The summed E-state index contributed by atoms with van der Waals surface area (Å²) in [5, 5.41) is 11.5. The van der Waals surface area contributed by atoms with Crippen molar-refractivity contribution in [3.05, 3.63) is 29.8 Å². The van der Waals surface area contributed by atoms with E-state index in [1.54, 1.807) is 11.8 Å². The Morgan fingerprint density at radius 3 is 2.76 bits per heavy atom. The smallest absolute Gasteiger partial charge is 0.303 e. The minimum Gasteiger partial charge on any atom is -0.481 e. The van der Waals surface area contributed by atoms with E-state index < -0.39 is 5.97 Å². The van der Waals surface area contributed by atoms with E-state index in [4.69, 9.17) is 5.11 Å². The molecule has 1 rings (SSSR count). The Morgan fingerprint density at radius 2 is 2.10 bits per heavy atom. The van der Waals surface area contributed by atoms with E-state index in [2.05, 4.69) is 19.2 Å². The van der Waals surface area contributed by atoms with Gasteiger partial charge in [-0.1, -0.05) is 26.0 Å². The van der Waals surface area contributed by atoms with Crippen LogP contribution in [0.25, 0.3) is 0 Å². The van der Waals surface area contributed by atoms with Gasteiger partial charge in [0.25, 0.3) is 0 Å². The topological polar surface area (TPSA) is 66.4 Å². The second kappa shape index (κ2) is 9.45. The minimum absolute atomic E-state index is 0.0147. The number of aryl methyl sites for hydroxylation is 1. The van der Waals surface area contributed by atoms with Crippen molar-refractivity contribution >= 4 is 29.3 Å². The molecule has 4 nitrogen and oxygen atoms in total. The molecule has 1 amide bonds. The van der Waals surface area contributed by atoms with Crippen molar-refractivity contribution in [2.24, 2.45) is 5.92 Å². The van der Waals surface area contributed by atoms with E-state index in [1.807, 2.05) is 24.3 Å². The van der Waals surface area contributed by atoms with Crippen LogP contribution in [0.5, 0.6) is 0 Å². The second-order valence-corrected chi connectivity index (χ2v) is 6.48. The molecule has 0 bridgehead atoms. The number of hydrogen-bond donors (Lipinski definition) is 2. The summed E-state index contributed by atoms with van der Waals surface area (Å²) in [7, 11) is 0. The number of anilines is 1. The Hall–Kier alpha value is -1.49. The van der Waals surface area contributed by atoms with E-state index in [9.17, 15) is 9.59 Å². The van der Waals surface area contributed by atoms with Gasteiger partial charge in [0.05, 0.1) is 5.75 Å². The first-order chi connectivity index (χ1) is 9.97. The largest absolute Gasteiger partial charge is 0.481 e. The molecular formula is C16H23NO3S. The van der Waals surface area contributed by atoms with Crippen molar-refractivity contribution in [2.75, 3.05) is 16.8 Å². The third-order valence-electron chi connectivity index (χ3n) is 2.91. The van der Waals surface area contributed by atoms with Gasteiger partial charge in [-0.15, -0.1) is 0 Å². The Morgan fingerprint density at radius 1 is 1.33 bits per heavy atom. The van der Waals surface area contributed by atoms with Crippen LogP contribution in [0.4, 0.5) is 5.69 Å². The van der Waals surface area contributed by atoms with E-state index in [0.717, 1.165) is 23.4 Å². The highest BCUT2D eigenvalue weighted by molar-refractivity contribution is 7.99. The lowest BCUT2D eigenvalue weighted by Gasteiger charge is -2.08. The molecule has 0 radical (unpaired) electrons. The number of hydrogen-bond acceptors (Lipinski definition) is 3. The van der Waals surface area contributed by atoms with Crippen LogP contribution in [-0.2, 0) is 16.0 Å². The van der Waals surface area contributed by atoms with E-state index in [1.165, 1.54) is 0 Å².